The van der Waals surface area contributed by atoms with Crippen LogP contribution in [0.3, 0.4) is 0 Å². The number of ether oxygens (including phenoxy) is 1. The zero-order valence-electron chi connectivity index (χ0n) is 10.9. The van der Waals surface area contributed by atoms with Crippen LogP contribution in [0.4, 0.5) is 10.2 Å². The van der Waals surface area contributed by atoms with Gasteiger partial charge in [0.15, 0.2) is 0 Å². The minimum atomic E-state index is -0.528. The zero-order chi connectivity index (χ0) is 13.5. The largest absolute Gasteiger partial charge is 0.383 e. The lowest BCUT2D eigenvalue weighted by Crippen LogP contribution is -2.30. The molecule has 1 amide bonds. The third-order valence-corrected chi connectivity index (χ3v) is 2.41. The van der Waals surface area contributed by atoms with Gasteiger partial charge in [0.05, 0.1) is 18.4 Å². The molecule has 100 valence electrons. The summed E-state index contributed by atoms with van der Waals surface area (Å²) in [5.41, 5.74) is 0.232. The minimum absolute atomic E-state index is 0.232. The Morgan fingerprint density at radius 1 is 1.61 bits per heavy atom. The van der Waals surface area contributed by atoms with Crippen molar-refractivity contribution in [3.63, 3.8) is 0 Å². The van der Waals surface area contributed by atoms with E-state index in [9.17, 15) is 9.18 Å². The molecule has 0 fully saturated rings. The summed E-state index contributed by atoms with van der Waals surface area (Å²) in [7, 11) is 3.20. The highest BCUT2D eigenvalue weighted by Crippen LogP contribution is 2.15. The fraction of sp³-hybridized carbons (Fsp3) is 0.500. The number of amides is 1. The Kier molecular flexibility index (Phi) is 5.51. The van der Waals surface area contributed by atoms with Crippen molar-refractivity contribution in [2.45, 2.75) is 6.92 Å². The Morgan fingerprint density at radius 3 is 2.94 bits per heavy atom. The average molecular weight is 255 g/mol. The van der Waals surface area contributed by atoms with Gasteiger partial charge in [-0.15, -0.1) is 0 Å². The molecule has 0 spiro atoms. The highest BCUT2D eigenvalue weighted by Gasteiger charge is 2.17. The van der Waals surface area contributed by atoms with Gasteiger partial charge in [-0.25, -0.2) is 9.37 Å². The second-order valence-corrected chi connectivity index (χ2v) is 3.80. The Labute approximate surface area is 106 Å². The van der Waals surface area contributed by atoms with Crippen LogP contribution >= 0.6 is 0 Å². The van der Waals surface area contributed by atoms with Crippen LogP contribution in [-0.4, -0.2) is 49.6 Å². The SMILES string of the molecule is CCNc1ncc(F)cc1C(=O)N(C)CCOC. The number of anilines is 1. The van der Waals surface area contributed by atoms with E-state index in [4.69, 9.17) is 4.74 Å². The van der Waals surface area contributed by atoms with Crippen molar-refractivity contribution < 1.29 is 13.9 Å². The number of carbonyl (C=O) groups is 1. The van der Waals surface area contributed by atoms with E-state index >= 15 is 0 Å². The van der Waals surface area contributed by atoms with E-state index in [0.717, 1.165) is 6.20 Å². The number of pyridine rings is 1. The van der Waals surface area contributed by atoms with Gasteiger partial charge in [-0.3, -0.25) is 4.79 Å². The first-order chi connectivity index (χ1) is 8.60. The third kappa shape index (κ3) is 3.66. The fourth-order valence-corrected chi connectivity index (χ4v) is 1.45. The van der Waals surface area contributed by atoms with Gasteiger partial charge in [0.25, 0.3) is 5.91 Å². The van der Waals surface area contributed by atoms with Gasteiger partial charge in [-0.1, -0.05) is 0 Å². The molecule has 0 aliphatic heterocycles. The summed E-state index contributed by atoms with van der Waals surface area (Å²) in [5, 5.41) is 2.94. The first kappa shape index (κ1) is 14.4. The molecule has 0 saturated heterocycles. The number of methoxy groups -OCH3 is 1. The minimum Gasteiger partial charge on any atom is -0.383 e. The van der Waals surface area contributed by atoms with Gasteiger partial charge in [0.2, 0.25) is 0 Å². The Bertz CT molecular complexity index is 412. The van der Waals surface area contributed by atoms with Crippen LogP contribution < -0.4 is 5.32 Å². The molecular weight excluding hydrogens is 237 g/mol. The number of nitrogens with zero attached hydrogens (tertiary/aromatic N) is 2. The van der Waals surface area contributed by atoms with E-state index in [1.807, 2.05) is 6.92 Å². The molecule has 1 N–H and O–H groups in total. The van der Waals surface area contributed by atoms with Gasteiger partial charge in [-0.05, 0) is 13.0 Å². The second-order valence-electron chi connectivity index (χ2n) is 3.80. The van der Waals surface area contributed by atoms with Crippen LogP contribution in [0.2, 0.25) is 0 Å². The van der Waals surface area contributed by atoms with E-state index in [1.54, 1.807) is 14.2 Å². The summed E-state index contributed by atoms with van der Waals surface area (Å²) in [5.74, 6) is -0.414. The van der Waals surface area contributed by atoms with E-state index in [2.05, 4.69) is 10.3 Å². The smallest absolute Gasteiger partial charge is 0.257 e. The Hall–Kier alpha value is -1.69. The molecular formula is C12H18FN3O2. The van der Waals surface area contributed by atoms with Crippen molar-refractivity contribution in [3.05, 3.63) is 23.6 Å². The topological polar surface area (TPSA) is 54.5 Å². The number of hydrogen-bond acceptors (Lipinski definition) is 4. The molecule has 5 nitrogen and oxygen atoms in total. The second kappa shape index (κ2) is 6.90. The molecule has 0 saturated carbocycles. The van der Waals surface area contributed by atoms with Crippen LogP contribution in [0.25, 0.3) is 0 Å². The first-order valence-corrected chi connectivity index (χ1v) is 5.74. The third-order valence-electron chi connectivity index (χ3n) is 2.41. The molecule has 0 unspecified atom stereocenters. The van der Waals surface area contributed by atoms with Crippen LogP contribution in [0, 0.1) is 5.82 Å². The van der Waals surface area contributed by atoms with Gasteiger partial charge in [0.1, 0.15) is 11.6 Å². The number of aromatic nitrogens is 1. The number of nitrogens with one attached hydrogen (secondary N) is 1. The summed E-state index contributed by atoms with van der Waals surface area (Å²) in [6.45, 7) is 3.37. The summed E-state index contributed by atoms with van der Waals surface area (Å²) < 4.78 is 18.1. The molecule has 0 aromatic carbocycles. The summed E-state index contributed by atoms with van der Waals surface area (Å²) in [6, 6.07) is 1.19. The predicted octanol–water partition coefficient (Wildman–Crippen LogP) is 1.37. The number of likely N-dealkylation sites (N-methyl/N-ethyl adjacent to an activating group) is 1. The highest BCUT2D eigenvalue weighted by atomic mass is 19.1. The van der Waals surface area contributed by atoms with Crippen molar-refractivity contribution in [3.8, 4) is 0 Å². The Morgan fingerprint density at radius 2 is 2.33 bits per heavy atom. The number of rotatable bonds is 6. The normalized spacial score (nSPS) is 10.2. The maximum Gasteiger partial charge on any atom is 0.257 e. The average Bonchev–Trinajstić information content (AvgIpc) is 2.37. The number of hydrogen-bond donors (Lipinski definition) is 1. The zero-order valence-corrected chi connectivity index (χ0v) is 10.9. The molecule has 1 heterocycles. The molecule has 6 heteroatoms. The number of carbonyl (C=O) groups excluding carboxylic acids is 1. The molecule has 1 rings (SSSR count). The van der Waals surface area contributed by atoms with E-state index in [1.165, 1.54) is 11.0 Å². The first-order valence-electron chi connectivity index (χ1n) is 5.74. The summed E-state index contributed by atoms with van der Waals surface area (Å²) in [4.78, 5) is 17.5. The van der Waals surface area contributed by atoms with Crippen LogP contribution in [0.15, 0.2) is 12.3 Å². The van der Waals surface area contributed by atoms with Gasteiger partial charge < -0.3 is 15.0 Å². The van der Waals surface area contributed by atoms with Crippen molar-refractivity contribution in [1.29, 1.82) is 0 Å². The predicted molar refractivity (Wildman–Crippen MR) is 67.2 cm³/mol. The molecule has 18 heavy (non-hydrogen) atoms. The standard InChI is InChI=1S/C12H18FN3O2/c1-4-14-11-10(7-9(13)8-15-11)12(17)16(2)5-6-18-3/h7-8H,4-6H2,1-3H3,(H,14,15). The lowest BCUT2D eigenvalue weighted by atomic mass is 10.2. The van der Waals surface area contributed by atoms with Gasteiger partial charge in [0, 0.05) is 27.2 Å². The van der Waals surface area contributed by atoms with E-state index < -0.39 is 5.82 Å². The molecule has 1 aromatic rings. The van der Waals surface area contributed by atoms with Crippen molar-refractivity contribution in [2.24, 2.45) is 0 Å². The van der Waals surface area contributed by atoms with E-state index in [0.29, 0.717) is 25.5 Å². The molecule has 0 aliphatic carbocycles. The van der Waals surface area contributed by atoms with Crippen molar-refractivity contribution >= 4 is 11.7 Å². The molecule has 0 atom stereocenters. The monoisotopic (exact) mass is 255 g/mol. The van der Waals surface area contributed by atoms with Gasteiger partial charge in [-0.2, -0.15) is 0 Å². The molecule has 0 bridgehead atoms. The van der Waals surface area contributed by atoms with Gasteiger partial charge >= 0.3 is 0 Å². The highest BCUT2D eigenvalue weighted by molar-refractivity contribution is 5.98. The van der Waals surface area contributed by atoms with Crippen LogP contribution in [0.5, 0.6) is 0 Å². The van der Waals surface area contributed by atoms with Crippen molar-refractivity contribution in [2.75, 3.05) is 39.2 Å². The van der Waals surface area contributed by atoms with Crippen molar-refractivity contribution in [1.82, 2.24) is 9.88 Å². The number of halogens is 1. The van der Waals surface area contributed by atoms with Crippen LogP contribution in [-0.2, 0) is 4.74 Å². The van der Waals surface area contributed by atoms with Crippen LogP contribution in [0.1, 0.15) is 17.3 Å². The maximum absolute atomic E-state index is 13.2. The quantitative estimate of drug-likeness (QED) is 0.834. The molecule has 0 radical (unpaired) electrons. The van der Waals surface area contributed by atoms with E-state index in [-0.39, 0.29) is 11.5 Å². The lowest BCUT2D eigenvalue weighted by molar-refractivity contribution is 0.0744. The summed E-state index contributed by atoms with van der Waals surface area (Å²) >= 11 is 0. The Balaban J connectivity index is 2.91. The fourth-order valence-electron chi connectivity index (χ4n) is 1.45. The summed E-state index contributed by atoms with van der Waals surface area (Å²) in [6.07, 6.45) is 1.09. The maximum atomic E-state index is 13.2. The molecule has 0 aliphatic rings. The lowest BCUT2D eigenvalue weighted by Gasteiger charge is -2.18. The molecule has 1 aromatic heterocycles.